The third-order valence-corrected chi connectivity index (χ3v) is 23.5. The van der Waals surface area contributed by atoms with Gasteiger partial charge in [-0.1, -0.05) is 146 Å². The summed E-state index contributed by atoms with van der Waals surface area (Å²) >= 11 is 0. The Bertz CT molecular complexity index is 6430. The number of para-hydroxylation sites is 2. The topological polar surface area (TPSA) is 273 Å². The molecular formula is C103H99F3N16O11. The summed E-state index contributed by atoms with van der Waals surface area (Å²) in [5.74, 6) is 3.58. The first-order chi connectivity index (χ1) is 64.4. The zero-order valence-electron chi connectivity index (χ0n) is 75.0. The van der Waals surface area contributed by atoms with Crippen molar-refractivity contribution in [1.82, 2.24) is 78.5 Å². The van der Waals surface area contributed by atoms with Crippen molar-refractivity contribution in [3.05, 3.63) is 329 Å². The predicted octanol–water partition coefficient (Wildman–Crippen LogP) is 17.8. The fourth-order valence-electron chi connectivity index (χ4n) is 16.2. The molecule has 19 rings (SSSR count). The molecule has 0 spiro atoms. The average Bonchev–Trinajstić information content (AvgIpc) is 1.67. The lowest BCUT2D eigenvalue weighted by Gasteiger charge is -2.34. The molecule has 6 amide bonds. The number of nitrogens with zero attached hydrogens (tertiary/aromatic N) is 16. The zero-order chi connectivity index (χ0) is 92.9. The smallest absolute Gasteiger partial charge is 0.415 e. The number of piperazine rings is 2. The van der Waals surface area contributed by atoms with Gasteiger partial charge in [-0.05, 0) is 182 Å². The molecule has 0 bridgehead atoms. The van der Waals surface area contributed by atoms with Gasteiger partial charge in [0.05, 0.1) is 73.1 Å². The molecule has 10 heterocycles. The number of halogens is 3. The number of fused-ring (bicyclic) bond motifs is 2. The van der Waals surface area contributed by atoms with Crippen molar-refractivity contribution < 1.29 is 65.0 Å². The molecule has 4 aliphatic rings. The van der Waals surface area contributed by atoms with Crippen molar-refractivity contribution in [2.75, 3.05) is 59.5 Å². The molecule has 0 atom stereocenters. The number of aromatic nitrogens is 10. The summed E-state index contributed by atoms with van der Waals surface area (Å²) in [5.41, 5.74) is 16.8. The lowest BCUT2D eigenvalue weighted by atomic mass is 10.1. The van der Waals surface area contributed by atoms with Gasteiger partial charge in [-0.15, -0.1) is 0 Å². The van der Waals surface area contributed by atoms with E-state index in [-0.39, 0.29) is 67.3 Å². The van der Waals surface area contributed by atoms with Gasteiger partial charge in [0, 0.05) is 94.2 Å². The lowest BCUT2D eigenvalue weighted by Crippen LogP contribution is -2.52. The summed E-state index contributed by atoms with van der Waals surface area (Å²) in [7, 11) is 1.66. The minimum Gasteiger partial charge on any atom is -0.496 e. The van der Waals surface area contributed by atoms with Crippen LogP contribution in [0.3, 0.4) is 0 Å². The molecule has 15 aromatic rings. The molecule has 6 aromatic heterocycles. The molecule has 4 aliphatic heterocycles. The van der Waals surface area contributed by atoms with Crippen LogP contribution < -0.4 is 14.2 Å². The van der Waals surface area contributed by atoms with Gasteiger partial charge in [0.2, 0.25) is 23.6 Å². The van der Waals surface area contributed by atoms with Crippen LogP contribution in [0.15, 0.2) is 258 Å². The first-order valence-corrected chi connectivity index (χ1v) is 43.9. The summed E-state index contributed by atoms with van der Waals surface area (Å²) in [5, 5.41) is 18.8. The van der Waals surface area contributed by atoms with Crippen LogP contribution in [0.2, 0.25) is 0 Å². The Morgan fingerprint density at radius 2 is 0.662 bits per heavy atom. The van der Waals surface area contributed by atoms with E-state index in [1.165, 1.54) is 18.2 Å². The van der Waals surface area contributed by atoms with E-state index in [1.807, 2.05) is 166 Å². The average molecular weight is 1790 g/mol. The van der Waals surface area contributed by atoms with E-state index in [0.717, 1.165) is 102 Å². The van der Waals surface area contributed by atoms with Gasteiger partial charge in [-0.25, -0.2) is 32.7 Å². The van der Waals surface area contributed by atoms with Crippen molar-refractivity contribution in [2.24, 2.45) is 0 Å². The van der Waals surface area contributed by atoms with Crippen molar-refractivity contribution >= 4 is 35.8 Å². The molecule has 0 unspecified atom stereocenters. The molecule has 27 nitrogen and oxygen atoms in total. The summed E-state index contributed by atoms with van der Waals surface area (Å²) in [6.45, 7) is 18.2. The summed E-state index contributed by atoms with van der Waals surface area (Å²) in [4.78, 5) is 96.1. The van der Waals surface area contributed by atoms with Crippen molar-refractivity contribution in [1.29, 1.82) is 0 Å². The zero-order valence-corrected chi connectivity index (χ0v) is 75.0. The number of oxazole rings is 2. The van der Waals surface area contributed by atoms with Crippen LogP contribution >= 0.6 is 0 Å². The molecule has 0 saturated carbocycles. The van der Waals surface area contributed by atoms with Crippen molar-refractivity contribution in [2.45, 2.75) is 107 Å². The van der Waals surface area contributed by atoms with Gasteiger partial charge < -0.3 is 52.4 Å². The molecular weight excluding hydrogens is 1690 g/mol. The van der Waals surface area contributed by atoms with Gasteiger partial charge in [0.25, 0.3) is 0 Å². The Kier molecular flexibility index (Phi) is 27.9. The first kappa shape index (κ1) is 90.6. The number of amides is 6. The van der Waals surface area contributed by atoms with E-state index in [1.54, 1.807) is 162 Å². The van der Waals surface area contributed by atoms with Crippen LogP contribution in [0.5, 0.6) is 17.2 Å². The van der Waals surface area contributed by atoms with Gasteiger partial charge in [-0.3, -0.25) is 37.9 Å². The Labute approximate surface area is 766 Å². The van der Waals surface area contributed by atoms with Crippen molar-refractivity contribution in [3.63, 3.8) is 0 Å². The van der Waals surface area contributed by atoms with Gasteiger partial charge in [0.1, 0.15) is 83.8 Å². The Morgan fingerprint density at radius 3 is 1.02 bits per heavy atom. The minimum atomic E-state index is -0.420. The lowest BCUT2D eigenvalue weighted by molar-refractivity contribution is -0.134. The Morgan fingerprint density at radius 1 is 0.331 bits per heavy atom. The number of rotatable bonds is 19. The number of carbonyl (C=O) groups is 6. The number of carbonyl (C=O) groups excluding carboxylic acids is 6. The second kappa shape index (κ2) is 40.9. The quantitative estimate of drug-likeness (QED) is 0.0727. The third-order valence-electron chi connectivity index (χ3n) is 23.5. The minimum absolute atomic E-state index is 0.0198. The highest BCUT2D eigenvalue weighted by Crippen LogP contribution is 2.35. The van der Waals surface area contributed by atoms with E-state index in [9.17, 15) is 41.9 Å². The number of aryl methyl sites for hydroxylation is 7. The maximum Gasteiger partial charge on any atom is 0.415 e. The van der Waals surface area contributed by atoms with Gasteiger partial charge in [-0.2, -0.15) is 20.4 Å². The van der Waals surface area contributed by atoms with E-state index in [4.69, 9.17) is 38.3 Å². The Balaban J connectivity index is 0.000000130. The highest BCUT2D eigenvalue weighted by atomic mass is 19.1. The molecule has 30 heteroatoms. The highest BCUT2D eigenvalue weighted by molar-refractivity contribution is 5.82. The van der Waals surface area contributed by atoms with Crippen LogP contribution in [0.25, 0.3) is 78.8 Å². The largest absolute Gasteiger partial charge is 0.496 e. The van der Waals surface area contributed by atoms with Crippen LogP contribution in [0.4, 0.5) is 22.8 Å². The first-order valence-electron chi connectivity index (χ1n) is 43.9. The van der Waals surface area contributed by atoms with E-state index in [0.29, 0.717) is 141 Å². The van der Waals surface area contributed by atoms with E-state index >= 15 is 0 Å². The van der Waals surface area contributed by atoms with Gasteiger partial charge >= 0.3 is 12.2 Å². The summed E-state index contributed by atoms with van der Waals surface area (Å²) < 4.78 is 75.7. The van der Waals surface area contributed by atoms with Crippen LogP contribution in [0.1, 0.15) is 69.6 Å². The number of ether oxygens (including phenoxy) is 3. The summed E-state index contributed by atoms with van der Waals surface area (Å²) in [6.07, 6.45) is -0.109. The number of benzene rings is 9. The molecule has 2 fully saturated rings. The van der Waals surface area contributed by atoms with Crippen molar-refractivity contribution in [3.8, 4) is 96.1 Å². The second-order valence-electron chi connectivity index (χ2n) is 32.7. The Hall–Kier alpha value is -15.8. The molecule has 2 saturated heterocycles. The number of methoxy groups -OCH3 is 1. The maximum absolute atomic E-state index is 13.9. The maximum atomic E-state index is 13.9. The monoisotopic (exact) mass is 1790 g/mol. The van der Waals surface area contributed by atoms with E-state index in [2.05, 4.69) is 21.1 Å². The van der Waals surface area contributed by atoms with Crippen LogP contribution in [0, 0.1) is 59.0 Å². The molecule has 0 aliphatic carbocycles. The molecule has 0 radical (unpaired) electrons. The number of hydrogen-bond acceptors (Lipinski definition) is 17. The molecule has 133 heavy (non-hydrogen) atoms. The normalized spacial score (nSPS) is 13.3. The van der Waals surface area contributed by atoms with Crippen LogP contribution in [-0.4, -0.2) is 174 Å². The standard InChI is InChI=1S/2C29H27FN4O3.C25H24N4O3.C20H21FN4O2/c2*1-21-18-23(12-13-25(21)30)26-19-27(22-8-4-2-5-9-22)34(31-26)20-28(35)32-14-16-33(17-15-32)29(36)37-24-10-6-3-7-11-24;1-16-11-19(9-10-23(16)31-3)20-12-22(18-7-5-4-6-8-18)29(27-20)15-25(30)28-13-21-24(14-28)32-17(2)26-21;1-4-15-8-17(14-6-5-12(2)16(21)7-14)23-25(15)11-20(26)24-9-18-19(10-24)27-13(3)22-18/h2*2-13,18-19H,14-17,20H2,1H3;4-12H,13-15H2,1-3H3;5-8H,4,9-11H2,1-3H3. The molecule has 678 valence electrons. The SMILES string of the molecule is CCc1cc(-c2ccc(C)c(F)c2)nn1CC(=O)N1Cc2nc(C)oc2C1.COc1ccc(-c2cc(-c3ccccc3)n(CC(=O)N3Cc4nc(C)oc4C3)n2)cc1C.Cc1cc(-c2cc(-c3ccccc3)n(CC(=O)N3CCN(C(=O)Oc4ccccc4)CC3)n2)ccc1F.Cc1cc(-c2cc(-c3ccccc3)n(CC(=O)N3CCN(C(=O)Oc4ccccc4)CC3)n2)ccc1F. The third kappa shape index (κ3) is 21.7. The summed E-state index contributed by atoms with van der Waals surface area (Å²) in [6, 6.07) is 75.9. The highest BCUT2D eigenvalue weighted by Gasteiger charge is 2.34. The molecule has 9 aromatic carbocycles. The molecule has 0 N–H and O–H groups in total. The van der Waals surface area contributed by atoms with Gasteiger partial charge in [0.15, 0.2) is 11.8 Å². The predicted molar refractivity (Wildman–Crippen MR) is 494 cm³/mol. The number of hydrogen-bond donors (Lipinski definition) is 0. The fourth-order valence-corrected chi connectivity index (χ4v) is 16.2. The second-order valence-corrected chi connectivity index (χ2v) is 32.7. The van der Waals surface area contributed by atoms with Crippen LogP contribution in [-0.2, 0) is 78.0 Å². The fraction of sp³-hybridized carbons (Fsp3) is 0.243. The van der Waals surface area contributed by atoms with E-state index < -0.39 is 12.2 Å².